The molecule has 1 aliphatic carbocycles. The first-order valence-electron chi connectivity index (χ1n) is 7.97. The summed E-state index contributed by atoms with van der Waals surface area (Å²) in [5, 5.41) is 0.549. The quantitative estimate of drug-likeness (QED) is 0.796. The van der Waals surface area contributed by atoms with Gasteiger partial charge in [0, 0.05) is 18.2 Å². The Hall–Kier alpha value is -2.02. The first-order chi connectivity index (χ1) is 11.6. The van der Waals surface area contributed by atoms with Crippen LogP contribution in [0.1, 0.15) is 45.6 Å². The summed E-state index contributed by atoms with van der Waals surface area (Å²) in [5.74, 6) is 0.336. The lowest BCUT2D eigenvalue weighted by Gasteiger charge is -2.16. The van der Waals surface area contributed by atoms with Crippen molar-refractivity contribution in [1.82, 2.24) is 4.98 Å². The Kier molecular flexibility index (Phi) is 7.96. The van der Waals surface area contributed by atoms with Gasteiger partial charge in [-0.25, -0.2) is 9.78 Å². The molecule has 1 heterocycles. The van der Waals surface area contributed by atoms with Crippen molar-refractivity contribution in [3.8, 4) is 5.88 Å². The van der Waals surface area contributed by atoms with Crippen molar-refractivity contribution >= 4 is 23.7 Å². The highest BCUT2D eigenvalue weighted by atomic mass is 35.5. The number of ether oxygens (including phenoxy) is 3. The van der Waals surface area contributed by atoms with Crippen LogP contribution in [0.3, 0.4) is 0 Å². The van der Waals surface area contributed by atoms with Gasteiger partial charge in [-0.3, -0.25) is 4.79 Å². The number of rotatable bonds is 5. The van der Waals surface area contributed by atoms with E-state index in [1.165, 1.54) is 7.11 Å². The van der Waals surface area contributed by atoms with Gasteiger partial charge in [0.15, 0.2) is 0 Å². The lowest BCUT2D eigenvalue weighted by Crippen LogP contribution is -2.27. The van der Waals surface area contributed by atoms with Crippen LogP contribution in [0, 0.1) is 0 Å². The number of aromatic nitrogens is 1. The van der Waals surface area contributed by atoms with Gasteiger partial charge in [-0.15, -0.1) is 0 Å². The summed E-state index contributed by atoms with van der Waals surface area (Å²) in [6.45, 7) is 5.28. The number of nitrogens with zero attached hydrogens (tertiary/aromatic N) is 1. The molecular weight excluding hydrogens is 348 g/mol. The fourth-order valence-electron chi connectivity index (χ4n) is 1.74. The number of halogens is 1. The summed E-state index contributed by atoms with van der Waals surface area (Å²) in [6.07, 6.45) is 4.09. The zero-order valence-electron chi connectivity index (χ0n) is 15.0. The lowest BCUT2D eigenvalue weighted by atomic mass is 10.1. The second-order valence-electron chi connectivity index (χ2n) is 6.54. The molecule has 1 aliphatic rings. The maximum absolute atomic E-state index is 11.1. The smallest absolute Gasteiger partial charge is 0.405 e. The number of pyridine rings is 1. The SMILES string of the molecule is CC(C)(C)OC(N)=O.COC(=O)CCc1cc(Cl)cnc1OC1CC1. The van der Waals surface area contributed by atoms with Crippen LogP contribution in [0.5, 0.6) is 5.88 Å². The topological polar surface area (TPSA) is 101 Å². The van der Waals surface area contributed by atoms with Crippen LogP contribution in [0.15, 0.2) is 12.3 Å². The predicted molar refractivity (Wildman–Crippen MR) is 93.7 cm³/mol. The number of methoxy groups -OCH3 is 1. The molecular formula is C17H25ClN2O5. The van der Waals surface area contributed by atoms with Gasteiger partial charge < -0.3 is 19.9 Å². The summed E-state index contributed by atoms with van der Waals surface area (Å²) >= 11 is 5.88. The van der Waals surface area contributed by atoms with Crippen molar-refractivity contribution < 1.29 is 23.8 Å². The number of carbonyl (C=O) groups is 2. The summed E-state index contributed by atoms with van der Waals surface area (Å²) in [7, 11) is 1.38. The van der Waals surface area contributed by atoms with E-state index in [2.05, 4.69) is 14.5 Å². The zero-order chi connectivity index (χ0) is 19.0. The van der Waals surface area contributed by atoms with Gasteiger partial charge in [0.05, 0.1) is 12.1 Å². The molecule has 140 valence electrons. The monoisotopic (exact) mass is 372 g/mol. The fourth-order valence-corrected chi connectivity index (χ4v) is 1.92. The van der Waals surface area contributed by atoms with E-state index in [-0.39, 0.29) is 12.1 Å². The molecule has 1 amide bonds. The van der Waals surface area contributed by atoms with Crippen LogP contribution in [0.2, 0.25) is 5.02 Å². The van der Waals surface area contributed by atoms with Gasteiger partial charge in [-0.2, -0.15) is 0 Å². The highest BCUT2D eigenvalue weighted by Gasteiger charge is 2.25. The second-order valence-corrected chi connectivity index (χ2v) is 6.98. The average Bonchev–Trinajstić information content (AvgIpc) is 3.29. The Morgan fingerprint density at radius 3 is 2.44 bits per heavy atom. The number of hydrogen-bond acceptors (Lipinski definition) is 6. The number of hydrogen-bond donors (Lipinski definition) is 1. The van der Waals surface area contributed by atoms with Gasteiger partial charge in [0.1, 0.15) is 11.7 Å². The summed E-state index contributed by atoms with van der Waals surface area (Å²) < 4.78 is 14.8. The Labute approximate surface area is 152 Å². The van der Waals surface area contributed by atoms with Crippen molar-refractivity contribution in [2.45, 2.75) is 58.2 Å². The Morgan fingerprint density at radius 2 is 2.00 bits per heavy atom. The molecule has 0 unspecified atom stereocenters. The fraction of sp³-hybridized carbons (Fsp3) is 0.588. The van der Waals surface area contributed by atoms with Crippen LogP contribution in [0.25, 0.3) is 0 Å². The van der Waals surface area contributed by atoms with E-state index in [1.807, 2.05) is 0 Å². The van der Waals surface area contributed by atoms with Crippen LogP contribution < -0.4 is 10.5 Å². The maximum Gasteiger partial charge on any atom is 0.405 e. The number of aryl methyl sites for hydroxylation is 1. The van der Waals surface area contributed by atoms with Gasteiger partial charge in [-0.1, -0.05) is 11.6 Å². The van der Waals surface area contributed by atoms with Gasteiger partial charge in [-0.05, 0) is 46.1 Å². The molecule has 2 rings (SSSR count). The molecule has 0 radical (unpaired) electrons. The highest BCUT2D eigenvalue weighted by molar-refractivity contribution is 6.30. The standard InChI is InChI=1S/C12H14ClNO3.C5H11NO2/c1-16-11(15)5-2-8-6-9(13)7-14-12(8)17-10-3-4-10;1-5(2,3)8-4(6)7/h6-7,10H,2-5H2,1H3;1-3H3,(H2,6,7). The van der Waals surface area contributed by atoms with E-state index in [1.54, 1.807) is 33.0 Å². The maximum atomic E-state index is 11.1. The van der Waals surface area contributed by atoms with Gasteiger partial charge in [0.25, 0.3) is 0 Å². The number of amides is 1. The molecule has 8 heteroatoms. The minimum absolute atomic E-state index is 0.248. The molecule has 1 aromatic rings. The van der Waals surface area contributed by atoms with Crippen molar-refractivity contribution in [3.05, 3.63) is 22.8 Å². The molecule has 1 aromatic heterocycles. The molecule has 0 bridgehead atoms. The first kappa shape index (κ1) is 21.0. The van der Waals surface area contributed by atoms with Crippen LogP contribution in [0.4, 0.5) is 4.79 Å². The van der Waals surface area contributed by atoms with Gasteiger partial charge >= 0.3 is 12.1 Å². The minimum atomic E-state index is -0.725. The normalized spacial score (nSPS) is 13.3. The van der Waals surface area contributed by atoms with Crippen molar-refractivity contribution in [2.75, 3.05) is 7.11 Å². The van der Waals surface area contributed by atoms with Crippen molar-refractivity contribution in [2.24, 2.45) is 5.73 Å². The van der Waals surface area contributed by atoms with Crippen molar-refractivity contribution in [1.29, 1.82) is 0 Å². The Bertz CT molecular complexity index is 597. The summed E-state index contributed by atoms with van der Waals surface area (Å²) in [4.78, 5) is 25.3. The molecule has 0 aliphatic heterocycles. The highest BCUT2D eigenvalue weighted by Crippen LogP contribution is 2.29. The number of nitrogens with two attached hydrogens (primary N) is 1. The molecule has 2 N–H and O–H groups in total. The van der Waals surface area contributed by atoms with E-state index >= 15 is 0 Å². The number of carbonyl (C=O) groups excluding carboxylic acids is 2. The number of esters is 1. The van der Waals surface area contributed by atoms with E-state index in [9.17, 15) is 9.59 Å². The minimum Gasteiger partial charge on any atom is -0.474 e. The third-order valence-electron chi connectivity index (χ3n) is 2.93. The molecule has 0 aromatic carbocycles. The molecule has 25 heavy (non-hydrogen) atoms. The molecule has 7 nitrogen and oxygen atoms in total. The predicted octanol–water partition coefficient (Wildman–Crippen LogP) is 3.26. The third kappa shape index (κ3) is 9.76. The zero-order valence-corrected chi connectivity index (χ0v) is 15.8. The van der Waals surface area contributed by atoms with Crippen LogP contribution >= 0.6 is 11.6 Å². The number of primary amides is 1. The Morgan fingerprint density at radius 1 is 1.36 bits per heavy atom. The average molecular weight is 373 g/mol. The first-order valence-corrected chi connectivity index (χ1v) is 8.35. The lowest BCUT2D eigenvalue weighted by molar-refractivity contribution is -0.140. The third-order valence-corrected chi connectivity index (χ3v) is 3.13. The van der Waals surface area contributed by atoms with E-state index < -0.39 is 11.7 Å². The van der Waals surface area contributed by atoms with Crippen LogP contribution in [-0.4, -0.2) is 35.9 Å². The van der Waals surface area contributed by atoms with Crippen molar-refractivity contribution in [3.63, 3.8) is 0 Å². The molecule has 0 atom stereocenters. The largest absolute Gasteiger partial charge is 0.474 e. The molecule has 1 fully saturated rings. The summed E-state index contributed by atoms with van der Waals surface area (Å²) in [6, 6.07) is 1.79. The molecule has 0 spiro atoms. The Balaban J connectivity index is 0.000000333. The van der Waals surface area contributed by atoms with E-state index in [0.29, 0.717) is 23.7 Å². The molecule has 1 saturated carbocycles. The van der Waals surface area contributed by atoms with E-state index in [4.69, 9.17) is 22.1 Å². The van der Waals surface area contributed by atoms with Crippen LogP contribution in [-0.2, 0) is 20.7 Å². The van der Waals surface area contributed by atoms with Gasteiger partial charge in [0.2, 0.25) is 5.88 Å². The summed E-state index contributed by atoms with van der Waals surface area (Å²) in [5.41, 5.74) is 5.12. The molecule has 0 saturated heterocycles. The van der Waals surface area contributed by atoms with E-state index in [0.717, 1.165) is 18.4 Å². The second kappa shape index (κ2) is 9.46.